The van der Waals surface area contributed by atoms with E-state index in [2.05, 4.69) is 0 Å². The normalized spacial score (nSPS) is 12.9. The number of esters is 1. The second kappa shape index (κ2) is 9.93. The van der Waals surface area contributed by atoms with Gasteiger partial charge in [0.2, 0.25) is 0 Å². The van der Waals surface area contributed by atoms with Crippen molar-refractivity contribution in [2.24, 2.45) is 0 Å². The number of amides is 1. The Hall–Kier alpha value is -3.33. The number of nitrogens with zero attached hydrogens (tertiary/aromatic N) is 2. The maximum atomic E-state index is 13.1. The Labute approximate surface area is 178 Å². The minimum absolute atomic E-state index is 0.273. The Balaban J connectivity index is 2.02. The Kier molecular flexibility index (Phi) is 7.60. The first-order valence-corrected chi connectivity index (χ1v) is 9.84. The van der Waals surface area contributed by atoms with E-state index in [4.69, 9.17) is 14.7 Å². The van der Waals surface area contributed by atoms with Crippen LogP contribution in [-0.2, 0) is 20.9 Å². The highest BCUT2D eigenvalue weighted by Crippen LogP contribution is 2.20. The van der Waals surface area contributed by atoms with Gasteiger partial charge in [0.15, 0.2) is 12.2 Å². The molecule has 0 aliphatic heterocycles. The maximum Gasteiger partial charge on any atom is 0.347 e. The van der Waals surface area contributed by atoms with Gasteiger partial charge < -0.3 is 14.4 Å². The molecule has 2 aromatic carbocycles. The quantitative estimate of drug-likeness (QED) is 0.645. The van der Waals surface area contributed by atoms with Crippen LogP contribution in [0.5, 0.6) is 5.75 Å². The van der Waals surface area contributed by atoms with Crippen LogP contribution in [0.3, 0.4) is 0 Å². The highest BCUT2D eigenvalue weighted by Gasteiger charge is 2.32. The van der Waals surface area contributed by atoms with Gasteiger partial charge in [-0.2, -0.15) is 5.26 Å². The van der Waals surface area contributed by atoms with Gasteiger partial charge in [0, 0.05) is 12.1 Å². The molecular formula is C24H28N2O4. The van der Waals surface area contributed by atoms with Crippen molar-refractivity contribution in [3.8, 4) is 11.8 Å². The molecule has 0 radical (unpaired) electrons. The van der Waals surface area contributed by atoms with Crippen molar-refractivity contribution in [3.63, 3.8) is 0 Å². The van der Waals surface area contributed by atoms with E-state index >= 15 is 0 Å². The SMILES string of the molecule is C[C@H](Oc1ccc(C#N)cc1)C(=O)O[C@H](C)C(=O)N(Cc1ccccc1)C(C)(C)C. The summed E-state index contributed by atoms with van der Waals surface area (Å²) in [5.74, 6) is -0.461. The highest BCUT2D eigenvalue weighted by molar-refractivity contribution is 5.85. The summed E-state index contributed by atoms with van der Waals surface area (Å²) in [6, 6.07) is 18.1. The Morgan fingerprint density at radius 2 is 1.60 bits per heavy atom. The van der Waals surface area contributed by atoms with Gasteiger partial charge >= 0.3 is 5.97 Å². The van der Waals surface area contributed by atoms with Crippen molar-refractivity contribution in [1.82, 2.24) is 4.90 Å². The predicted octanol–water partition coefficient (Wildman–Crippen LogP) is 4.08. The summed E-state index contributed by atoms with van der Waals surface area (Å²) in [4.78, 5) is 27.2. The standard InChI is InChI=1S/C24H28N2O4/c1-17(22(27)26(24(3,4)5)16-20-9-7-6-8-10-20)30-23(28)18(2)29-21-13-11-19(15-25)12-14-21/h6-14,17-18H,16H2,1-5H3/t17-,18+/m1/s1. The fourth-order valence-electron chi connectivity index (χ4n) is 2.81. The first-order chi connectivity index (χ1) is 14.1. The van der Waals surface area contributed by atoms with E-state index in [1.54, 1.807) is 43.0 Å². The summed E-state index contributed by atoms with van der Waals surface area (Å²) in [7, 11) is 0. The fraction of sp³-hybridized carbons (Fsp3) is 0.375. The highest BCUT2D eigenvalue weighted by atomic mass is 16.6. The van der Waals surface area contributed by atoms with Gasteiger partial charge in [0.25, 0.3) is 5.91 Å². The molecule has 158 valence electrons. The van der Waals surface area contributed by atoms with E-state index in [0.717, 1.165) is 5.56 Å². The van der Waals surface area contributed by atoms with Gasteiger partial charge in [-0.05, 0) is 64.4 Å². The van der Waals surface area contributed by atoms with Crippen molar-refractivity contribution >= 4 is 11.9 Å². The number of carbonyl (C=O) groups excluding carboxylic acids is 2. The molecule has 0 fully saturated rings. The number of ether oxygens (including phenoxy) is 2. The van der Waals surface area contributed by atoms with Crippen LogP contribution in [0.1, 0.15) is 45.7 Å². The van der Waals surface area contributed by atoms with Crippen molar-refractivity contribution < 1.29 is 19.1 Å². The first kappa shape index (κ1) is 23.0. The Morgan fingerprint density at radius 3 is 2.13 bits per heavy atom. The molecule has 0 spiro atoms. The van der Waals surface area contributed by atoms with E-state index in [1.807, 2.05) is 57.2 Å². The smallest absolute Gasteiger partial charge is 0.347 e. The molecule has 30 heavy (non-hydrogen) atoms. The summed E-state index contributed by atoms with van der Waals surface area (Å²) in [5, 5.41) is 8.84. The molecule has 0 bridgehead atoms. The average molecular weight is 408 g/mol. The summed E-state index contributed by atoms with van der Waals surface area (Å²) in [6.45, 7) is 9.38. The van der Waals surface area contributed by atoms with Gasteiger partial charge in [-0.3, -0.25) is 4.79 Å². The van der Waals surface area contributed by atoms with Crippen molar-refractivity contribution in [1.29, 1.82) is 5.26 Å². The summed E-state index contributed by atoms with van der Waals surface area (Å²) in [6.07, 6.45) is -1.85. The lowest BCUT2D eigenvalue weighted by Crippen LogP contribution is -2.50. The predicted molar refractivity (Wildman–Crippen MR) is 114 cm³/mol. The molecule has 2 rings (SSSR count). The average Bonchev–Trinajstić information content (AvgIpc) is 2.71. The molecule has 0 aromatic heterocycles. The molecule has 0 saturated carbocycles. The van der Waals surface area contributed by atoms with Crippen molar-refractivity contribution in [3.05, 3.63) is 65.7 Å². The van der Waals surface area contributed by atoms with E-state index in [1.165, 1.54) is 0 Å². The lowest BCUT2D eigenvalue weighted by molar-refractivity contribution is -0.166. The van der Waals surface area contributed by atoms with E-state index in [-0.39, 0.29) is 5.91 Å². The van der Waals surface area contributed by atoms with Crippen LogP contribution >= 0.6 is 0 Å². The number of benzene rings is 2. The zero-order valence-corrected chi connectivity index (χ0v) is 18.1. The van der Waals surface area contributed by atoms with Crippen LogP contribution in [-0.4, -0.2) is 34.5 Å². The molecule has 2 aromatic rings. The number of carbonyl (C=O) groups is 2. The topological polar surface area (TPSA) is 79.6 Å². The maximum absolute atomic E-state index is 13.1. The van der Waals surface area contributed by atoms with Crippen molar-refractivity contribution in [2.45, 2.75) is 58.9 Å². The molecule has 0 aliphatic rings. The second-order valence-corrected chi connectivity index (χ2v) is 8.06. The van der Waals surface area contributed by atoms with Crippen LogP contribution in [0.2, 0.25) is 0 Å². The van der Waals surface area contributed by atoms with E-state index in [0.29, 0.717) is 17.9 Å². The molecule has 6 heteroatoms. The zero-order chi connectivity index (χ0) is 22.3. The van der Waals surface area contributed by atoms with Crippen LogP contribution in [0.15, 0.2) is 54.6 Å². The zero-order valence-electron chi connectivity index (χ0n) is 18.1. The fourth-order valence-corrected chi connectivity index (χ4v) is 2.81. The van der Waals surface area contributed by atoms with Crippen LogP contribution in [0.4, 0.5) is 0 Å². The van der Waals surface area contributed by atoms with Crippen molar-refractivity contribution in [2.75, 3.05) is 0 Å². The Morgan fingerprint density at radius 1 is 1.00 bits per heavy atom. The summed E-state index contributed by atoms with van der Waals surface area (Å²) < 4.78 is 11.0. The summed E-state index contributed by atoms with van der Waals surface area (Å²) in [5.41, 5.74) is 1.05. The van der Waals surface area contributed by atoms with Gasteiger partial charge in [0.05, 0.1) is 11.6 Å². The second-order valence-electron chi connectivity index (χ2n) is 8.06. The molecule has 0 aliphatic carbocycles. The number of rotatable bonds is 7. The van der Waals surface area contributed by atoms with Gasteiger partial charge in [-0.15, -0.1) is 0 Å². The third-order valence-corrected chi connectivity index (χ3v) is 4.53. The van der Waals surface area contributed by atoms with Crippen LogP contribution in [0, 0.1) is 11.3 Å². The lowest BCUT2D eigenvalue weighted by Gasteiger charge is -2.37. The van der Waals surface area contributed by atoms with Crippen LogP contribution < -0.4 is 4.74 Å². The number of hydrogen-bond acceptors (Lipinski definition) is 5. The molecule has 0 unspecified atom stereocenters. The largest absolute Gasteiger partial charge is 0.479 e. The molecule has 1 amide bonds. The molecule has 0 saturated heterocycles. The molecule has 0 N–H and O–H groups in total. The number of hydrogen-bond donors (Lipinski definition) is 0. The molecule has 0 heterocycles. The third-order valence-electron chi connectivity index (χ3n) is 4.53. The minimum Gasteiger partial charge on any atom is -0.479 e. The van der Waals surface area contributed by atoms with Gasteiger partial charge in [0.1, 0.15) is 5.75 Å². The Bertz CT molecular complexity index is 896. The monoisotopic (exact) mass is 408 g/mol. The molecule has 6 nitrogen and oxygen atoms in total. The van der Waals surface area contributed by atoms with Crippen LogP contribution in [0.25, 0.3) is 0 Å². The number of nitriles is 1. The molecular weight excluding hydrogens is 380 g/mol. The van der Waals surface area contributed by atoms with Gasteiger partial charge in [-0.25, -0.2) is 4.79 Å². The van der Waals surface area contributed by atoms with E-state index in [9.17, 15) is 9.59 Å². The van der Waals surface area contributed by atoms with Gasteiger partial charge in [-0.1, -0.05) is 30.3 Å². The third kappa shape index (κ3) is 6.35. The van der Waals surface area contributed by atoms with E-state index < -0.39 is 23.7 Å². The summed E-state index contributed by atoms with van der Waals surface area (Å²) >= 11 is 0. The molecule has 2 atom stereocenters. The first-order valence-electron chi connectivity index (χ1n) is 9.84. The minimum atomic E-state index is -0.951. The lowest BCUT2D eigenvalue weighted by atomic mass is 10.0.